The topological polar surface area (TPSA) is 86.8 Å². The fourth-order valence-electron chi connectivity index (χ4n) is 3.01. The molecule has 0 spiro atoms. The molecule has 0 bridgehead atoms. The van der Waals surface area contributed by atoms with Gasteiger partial charge in [0.2, 0.25) is 15.9 Å². The zero-order chi connectivity index (χ0) is 18.2. The lowest BCUT2D eigenvalue weighted by molar-refractivity contribution is -0.134. The fraction of sp³-hybridized carbons (Fsp3) is 0.529. The molecule has 0 aromatic heterocycles. The summed E-state index contributed by atoms with van der Waals surface area (Å²) in [6.45, 7) is 3.80. The first-order chi connectivity index (χ1) is 11.8. The first-order valence-corrected chi connectivity index (χ1v) is 9.94. The van der Waals surface area contributed by atoms with Crippen molar-refractivity contribution in [2.45, 2.75) is 24.7 Å². The lowest BCUT2D eigenvalue weighted by atomic mass is 10.1. The molecule has 136 valence electrons. The Balaban J connectivity index is 1.73. The molecule has 1 N–H and O–H groups in total. The van der Waals surface area contributed by atoms with Gasteiger partial charge in [-0.3, -0.25) is 9.59 Å². The number of carbonyl (C=O) groups excluding carboxylic acids is 2. The zero-order valence-electron chi connectivity index (χ0n) is 14.5. The van der Waals surface area contributed by atoms with E-state index in [0.29, 0.717) is 31.7 Å². The Morgan fingerprint density at radius 1 is 1.08 bits per heavy atom. The van der Waals surface area contributed by atoms with Crippen molar-refractivity contribution in [1.82, 2.24) is 14.5 Å². The number of carbonyl (C=O) groups is 2. The van der Waals surface area contributed by atoms with Crippen LogP contribution >= 0.6 is 0 Å². The van der Waals surface area contributed by atoms with Crippen molar-refractivity contribution in [2.75, 3.05) is 33.2 Å². The van der Waals surface area contributed by atoms with Gasteiger partial charge in [-0.25, -0.2) is 13.1 Å². The smallest absolute Gasteiger partial charge is 0.254 e. The molecule has 25 heavy (non-hydrogen) atoms. The summed E-state index contributed by atoms with van der Waals surface area (Å²) in [6, 6.07) is 4.56. The van der Waals surface area contributed by atoms with Crippen LogP contribution in [0, 0.1) is 12.8 Å². The molecule has 7 nitrogen and oxygen atoms in total. The minimum Gasteiger partial charge on any atom is -0.339 e. The van der Waals surface area contributed by atoms with E-state index >= 15 is 0 Å². The number of benzene rings is 1. The molecule has 1 heterocycles. The maximum absolute atomic E-state index is 12.8. The number of amides is 2. The van der Waals surface area contributed by atoms with Gasteiger partial charge in [0.05, 0.1) is 4.90 Å². The summed E-state index contributed by atoms with van der Waals surface area (Å²) in [6.07, 6.45) is 1.95. The van der Waals surface area contributed by atoms with Crippen LogP contribution in [0.25, 0.3) is 0 Å². The number of nitrogens with zero attached hydrogens (tertiary/aromatic N) is 2. The number of hydrogen-bond acceptors (Lipinski definition) is 4. The predicted molar refractivity (Wildman–Crippen MR) is 92.6 cm³/mol. The van der Waals surface area contributed by atoms with Crippen LogP contribution in [0.15, 0.2) is 23.1 Å². The Morgan fingerprint density at radius 2 is 1.68 bits per heavy atom. The quantitative estimate of drug-likeness (QED) is 0.846. The highest BCUT2D eigenvalue weighted by molar-refractivity contribution is 7.89. The zero-order valence-corrected chi connectivity index (χ0v) is 15.3. The van der Waals surface area contributed by atoms with Gasteiger partial charge in [0, 0.05) is 37.7 Å². The second kappa shape index (κ2) is 6.76. The summed E-state index contributed by atoms with van der Waals surface area (Å²) in [7, 11) is -2.26. The molecule has 1 aliphatic heterocycles. The summed E-state index contributed by atoms with van der Waals surface area (Å²) in [5, 5.41) is 0. The van der Waals surface area contributed by atoms with Crippen LogP contribution in [0.3, 0.4) is 0 Å². The molecule has 8 heteroatoms. The first kappa shape index (κ1) is 17.9. The summed E-state index contributed by atoms with van der Waals surface area (Å²) in [5.74, 6) is 0.197. The van der Waals surface area contributed by atoms with Crippen molar-refractivity contribution < 1.29 is 18.0 Å². The number of hydrogen-bond donors (Lipinski definition) is 1. The standard InChI is InChI=1S/C17H23N3O4S/c1-12-3-6-14(25(23,24)18-2)11-15(12)17(22)20-9-7-19(8-10-20)16(21)13-4-5-13/h3,6,11,13,18H,4-5,7-10H2,1-2H3. The van der Waals surface area contributed by atoms with Crippen molar-refractivity contribution >= 4 is 21.8 Å². The molecule has 1 saturated carbocycles. The van der Waals surface area contributed by atoms with E-state index in [1.165, 1.54) is 19.2 Å². The van der Waals surface area contributed by atoms with Gasteiger partial charge in [0.15, 0.2) is 0 Å². The largest absolute Gasteiger partial charge is 0.339 e. The van der Waals surface area contributed by atoms with Gasteiger partial charge >= 0.3 is 0 Å². The normalized spacial score (nSPS) is 18.3. The summed E-state index contributed by atoms with van der Waals surface area (Å²) in [5.41, 5.74) is 1.12. The molecule has 0 atom stereocenters. The monoisotopic (exact) mass is 365 g/mol. The molecular formula is C17H23N3O4S. The molecule has 2 amide bonds. The number of aryl methyl sites for hydroxylation is 1. The van der Waals surface area contributed by atoms with E-state index in [4.69, 9.17) is 0 Å². The minimum absolute atomic E-state index is 0.0755. The van der Waals surface area contributed by atoms with Crippen LogP contribution in [0.1, 0.15) is 28.8 Å². The van der Waals surface area contributed by atoms with Crippen molar-refractivity contribution in [3.05, 3.63) is 29.3 Å². The maximum Gasteiger partial charge on any atom is 0.254 e. The number of nitrogens with one attached hydrogen (secondary N) is 1. The minimum atomic E-state index is -3.60. The second-order valence-electron chi connectivity index (χ2n) is 6.58. The second-order valence-corrected chi connectivity index (χ2v) is 8.46. The number of piperazine rings is 1. The Morgan fingerprint density at radius 3 is 2.24 bits per heavy atom. The highest BCUT2D eigenvalue weighted by Crippen LogP contribution is 2.31. The van der Waals surface area contributed by atoms with Crippen molar-refractivity contribution in [3.8, 4) is 0 Å². The number of sulfonamides is 1. The maximum atomic E-state index is 12.8. The van der Waals surface area contributed by atoms with E-state index in [2.05, 4.69) is 4.72 Å². The van der Waals surface area contributed by atoms with Gasteiger partial charge in [0.25, 0.3) is 5.91 Å². The highest BCUT2D eigenvalue weighted by Gasteiger charge is 2.35. The van der Waals surface area contributed by atoms with E-state index < -0.39 is 10.0 Å². The molecular weight excluding hydrogens is 342 g/mol. The molecule has 1 aliphatic carbocycles. The van der Waals surface area contributed by atoms with Crippen molar-refractivity contribution in [1.29, 1.82) is 0 Å². The van der Waals surface area contributed by atoms with Crippen LogP contribution in [0.4, 0.5) is 0 Å². The lowest BCUT2D eigenvalue weighted by Crippen LogP contribution is -2.51. The molecule has 1 saturated heterocycles. The Kier molecular flexibility index (Phi) is 4.83. The lowest BCUT2D eigenvalue weighted by Gasteiger charge is -2.35. The Labute approximate surface area is 148 Å². The third-order valence-electron chi connectivity index (χ3n) is 4.82. The van der Waals surface area contributed by atoms with E-state index in [1.54, 1.807) is 17.9 Å². The van der Waals surface area contributed by atoms with Crippen LogP contribution in [0.5, 0.6) is 0 Å². The van der Waals surface area contributed by atoms with Gasteiger partial charge in [0.1, 0.15) is 0 Å². The molecule has 2 aliphatic rings. The fourth-order valence-corrected chi connectivity index (χ4v) is 3.76. The predicted octanol–water partition coefficient (Wildman–Crippen LogP) is 0.598. The van der Waals surface area contributed by atoms with E-state index in [9.17, 15) is 18.0 Å². The molecule has 2 fully saturated rings. The summed E-state index contributed by atoms with van der Waals surface area (Å²) in [4.78, 5) is 28.5. The van der Waals surface area contributed by atoms with Crippen LogP contribution in [-0.2, 0) is 14.8 Å². The van der Waals surface area contributed by atoms with Crippen LogP contribution < -0.4 is 4.72 Å². The van der Waals surface area contributed by atoms with E-state index in [0.717, 1.165) is 18.4 Å². The summed E-state index contributed by atoms with van der Waals surface area (Å²) < 4.78 is 26.2. The van der Waals surface area contributed by atoms with Gasteiger partial charge in [-0.05, 0) is 44.5 Å². The molecule has 1 aromatic carbocycles. The molecule has 1 aromatic rings. The summed E-state index contributed by atoms with van der Waals surface area (Å²) >= 11 is 0. The van der Waals surface area contributed by atoms with Gasteiger partial charge in [-0.15, -0.1) is 0 Å². The van der Waals surface area contributed by atoms with Crippen LogP contribution in [0.2, 0.25) is 0 Å². The molecule has 0 radical (unpaired) electrons. The average Bonchev–Trinajstić information content (AvgIpc) is 3.46. The third kappa shape index (κ3) is 3.69. The molecule has 0 unspecified atom stereocenters. The average molecular weight is 365 g/mol. The van der Waals surface area contributed by atoms with Gasteiger partial charge in [-0.2, -0.15) is 0 Å². The van der Waals surface area contributed by atoms with Crippen LogP contribution in [-0.4, -0.2) is 63.3 Å². The van der Waals surface area contributed by atoms with Gasteiger partial charge in [-0.1, -0.05) is 6.07 Å². The van der Waals surface area contributed by atoms with E-state index in [-0.39, 0.29) is 22.6 Å². The SMILES string of the molecule is CNS(=O)(=O)c1ccc(C)c(C(=O)N2CCN(C(=O)C3CC3)CC2)c1. The molecule has 3 rings (SSSR count). The van der Waals surface area contributed by atoms with Crippen molar-refractivity contribution in [2.24, 2.45) is 5.92 Å². The number of rotatable bonds is 4. The highest BCUT2D eigenvalue weighted by atomic mass is 32.2. The third-order valence-corrected chi connectivity index (χ3v) is 6.24. The van der Waals surface area contributed by atoms with Crippen molar-refractivity contribution in [3.63, 3.8) is 0 Å². The Bertz CT molecular complexity index is 794. The Hall–Kier alpha value is -1.93. The first-order valence-electron chi connectivity index (χ1n) is 8.46. The van der Waals surface area contributed by atoms with E-state index in [1.807, 2.05) is 4.90 Å². The van der Waals surface area contributed by atoms with Gasteiger partial charge < -0.3 is 9.80 Å².